The lowest BCUT2D eigenvalue weighted by Crippen LogP contribution is -1.99. The molecule has 18 heavy (non-hydrogen) atoms. The summed E-state index contributed by atoms with van der Waals surface area (Å²) < 4.78 is 32.1. The minimum absolute atomic E-state index is 0.107. The Hall–Kier alpha value is -1.98. The Bertz CT molecular complexity index is 856. The second kappa shape index (κ2) is 3.76. The third-order valence-electron chi connectivity index (χ3n) is 2.85. The largest absolute Gasteiger partial charge is 0.295 e. The van der Waals surface area contributed by atoms with Crippen molar-refractivity contribution in [1.82, 2.24) is 4.98 Å². The summed E-state index contributed by atoms with van der Waals surface area (Å²) in [7, 11) is -4.26. The van der Waals surface area contributed by atoms with Crippen molar-refractivity contribution in [3.05, 3.63) is 48.7 Å². The van der Waals surface area contributed by atoms with Crippen LogP contribution in [0.5, 0.6) is 0 Å². The maximum Gasteiger partial charge on any atom is 0.295 e. The first-order valence-electron chi connectivity index (χ1n) is 5.31. The van der Waals surface area contributed by atoms with Crippen LogP contribution in [0.2, 0.25) is 0 Å². The molecule has 0 saturated carbocycles. The monoisotopic (exact) mass is 259 g/mol. The van der Waals surface area contributed by atoms with E-state index in [1.165, 1.54) is 6.07 Å². The van der Waals surface area contributed by atoms with Crippen LogP contribution in [0.4, 0.5) is 0 Å². The molecule has 2 aromatic carbocycles. The molecule has 0 atom stereocenters. The highest BCUT2D eigenvalue weighted by molar-refractivity contribution is 7.86. The van der Waals surface area contributed by atoms with Crippen molar-refractivity contribution in [3.8, 4) is 0 Å². The zero-order chi connectivity index (χ0) is 12.8. The zero-order valence-corrected chi connectivity index (χ0v) is 10.1. The van der Waals surface area contributed by atoms with Crippen molar-refractivity contribution < 1.29 is 13.0 Å². The number of fused-ring (bicyclic) bond motifs is 3. The van der Waals surface area contributed by atoms with Crippen LogP contribution in [-0.4, -0.2) is 18.0 Å². The average molecular weight is 259 g/mol. The number of benzene rings is 2. The Labute approximate surface area is 104 Å². The van der Waals surface area contributed by atoms with Crippen LogP contribution < -0.4 is 0 Å². The molecule has 1 N–H and O–H groups in total. The minimum Gasteiger partial charge on any atom is -0.282 e. The van der Waals surface area contributed by atoms with Crippen LogP contribution >= 0.6 is 0 Å². The molecule has 3 rings (SSSR count). The molecule has 0 bridgehead atoms. The lowest BCUT2D eigenvalue weighted by molar-refractivity contribution is 0.484. The van der Waals surface area contributed by atoms with Crippen LogP contribution in [0.3, 0.4) is 0 Å². The average Bonchev–Trinajstić information content (AvgIpc) is 2.36. The van der Waals surface area contributed by atoms with Crippen molar-refractivity contribution in [2.24, 2.45) is 0 Å². The number of rotatable bonds is 1. The van der Waals surface area contributed by atoms with Gasteiger partial charge in [-0.15, -0.1) is 0 Å². The molecule has 0 amide bonds. The summed E-state index contributed by atoms with van der Waals surface area (Å²) in [4.78, 5) is 4.10. The molecule has 4 nitrogen and oxygen atoms in total. The first-order valence-corrected chi connectivity index (χ1v) is 6.75. The third-order valence-corrected chi connectivity index (χ3v) is 3.75. The second-order valence-corrected chi connectivity index (χ2v) is 5.36. The van der Waals surface area contributed by atoms with E-state index in [2.05, 4.69) is 4.98 Å². The van der Waals surface area contributed by atoms with Crippen LogP contribution in [0.25, 0.3) is 21.7 Å². The van der Waals surface area contributed by atoms with E-state index in [0.717, 1.165) is 10.8 Å². The summed E-state index contributed by atoms with van der Waals surface area (Å²) in [5, 5.41) is 2.05. The Balaban J connectivity index is 2.63. The molecular weight excluding hydrogens is 250 g/mol. The van der Waals surface area contributed by atoms with Crippen molar-refractivity contribution in [2.45, 2.75) is 4.90 Å². The van der Waals surface area contributed by atoms with Crippen LogP contribution in [0.1, 0.15) is 0 Å². The maximum atomic E-state index is 11.4. The summed E-state index contributed by atoms with van der Waals surface area (Å²) in [5.41, 5.74) is 0.545. The van der Waals surface area contributed by atoms with Gasteiger partial charge in [0, 0.05) is 17.0 Å². The van der Waals surface area contributed by atoms with E-state index in [-0.39, 0.29) is 4.90 Å². The smallest absolute Gasteiger partial charge is 0.282 e. The predicted octanol–water partition coefficient (Wildman–Crippen LogP) is 2.63. The summed E-state index contributed by atoms with van der Waals surface area (Å²) in [5.74, 6) is 0. The zero-order valence-electron chi connectivity index (χ0n) is 9.24. The van der Waals surface area contributed by atoms with Gasteiger partial charge in [-0.3, -0.25) is 9.54 Å². The Morgan fingerprint density at radius 3 is 2.56 bits per heavy atom. The standard InChI is InChI=1S/C13H9NO3S/c15-18(16,17)12-7-3-6-11-13(12)10-5-2-1-4-9(10)8-14-11/h1-8H,(H,15,16,17). The molecule has 0 spiro atoms. The normalized spacial score (nSPS) is 12.1. The summed E-state index contributed by atoms with van der Waals surface area (Å²) in [6, 6.07) is 12.0. The SMILES string of the molecule is O=S(=O)(O)c1cccc2ncc3ccccc3c12. The van der Waals surface area contributed by atoms with Crippen molar-refractivity contribution in [3.63, 3.8) is 0 Å². The molecular formula is C13H9NO3S. The molecule has 1 aromatic heterocycles. The number of aromatic nitrogens is 1. The predicted molar refractivity (Wildman–Crippen MR) is 69.1 cm³/mol. The lowest BCUT2D eigenvalue weighted by Gasteiger charge is -2.06. The second-order valence-electron chi connectivity index (χ2n) is 3.97. The van der Waals surface area contributed by atoms with E-state index in [4.69, 9.17) is 0 Å². The molecule has 1 heterocycles. The molecule has 3 aromatic rings. The van der Waals surface area contributed by atoms with Gasteiger partial charge in [-0.25, -0.2) is 0 Å². The lowest BCUT2D eigenvalue weighted by atomic mass is 10.1. The Morgan fingerprint density at radius 2 is 1.78 bits per heavy atom. The fourth-order valence-electron chi connectivity index (χ4n) is 2.09. The molecule has 0 aliphatic rings. The number of hydrogen-bond donors (Lipinski definition) is 1. The molecule has 90 valence electrons. The van der Waals surface area contributed by atoms with Gasteiger partial charge >= 0.3 is 0 Å². The van der Waals surface area contributed by atoms with Gasteiger partial charge in [0.1, 0.15) is 4.90 Å². The molecule has 0 aliphatic heterocycles. The van der Waals surface area contributed by atoms with Crippen molar-refractivity contribution >= 4 is 31.8 Å². The van der Waals surface area contributed by atoms with Crippen LogP contribution in [0, 0.1) is 0 Å². The van der Waals surface area contributed by atoms with Crippen LogP contribution in [0.15, 0.2) is 53.6 Å². The first-order chi connectivity index (χ1) is 8.57. The van der Waals surface area contributed by atoms with E-state index in [1.54, 1.807) is 18.3 Å². The summed E-state index contributed by atoms with van der Waals surface area (Å²) >= 11 is 0. The summed E-state index contributed by atoms with van der Waals surface area (Å²) in [6.07, 6.45) is 1.69. The first kappa shape index (κ1) is 11.1. The Kier molecular flexibility index (Phi) is 2.33. The number of nitrogens with zero attached hydrogens (tertiary/aromatic N) is 1. The molecule has 0 unspecified atom stereocenters. The molecule has 5 heteroatoms. The maximum absolute atomic E-state index is 11.4. The minimum atomic E-state index is -4.26. The Morgan fingerprint density at radius 1 is 1.00 bits per heavy atom. The molecule has 0 aliphatic carbocycles. The summed E-state index contributed by atoms with van der Waals surface area (Å²) in [6.45, 7) is 0. The molecule has 0 fully saturated rings. The van der Waals surface area contributed by atoms with Gasteiger partial charge in [-0.2, -0.15) is 8.42 Å². The van der Waals surface area contributed by atoms with Crippen LogP contribution in [-0.2, 0) is 10.1 Å². The van der Waals surface area contributed by atoms with Gasteiger partial charge in [0.15, 0.2) is 0 Å². The highest BCUT2D eigenvalue weighted by atomic mass is 32.2. The van der Waals surface area contributed by atoms with E-state index in [0.29, 0.717) is 10.9 Å². The number of hydrogen-bond acceptors (Lipinski definition) is 3. The van der Waals surface area contributed by atoms with E-state index < -0.39 is 10.1 Å². The van der Waals surface area contributed by atoms with Crippen molar-refractivity contribution in [1.29, 1.82) is 0 Å². The topological polar surface area (TPSA) is 67.3 Å². The fraction of sp³-hybridized carbons (Fsp3) is 0. The fourth-order valence-corrected chi connectivity index (χ4v) is 2.81. The highest BCUT2D eigenvalue weighted by Crippen LogP contribution is 2.28. The van der Waals surface area contributed by atoms with E-state index in [1.807, 2.05) is 24.3 Å². The van der Waals surface area contributed by atoms with E-state index >= 15 is 0 Å². The van der Waals surface area contributed by atoms with Gasteiger partial charge in [-0.1, -0.05) is 30.3 Å². The van der Waals surface area contributed by atoms with Gasteiger partial charge in [0.05, 0.1) is 5.52 Å². The van der Waals surface area contributed by atoms with Gasteiger partial charge in [-0.05, 0) is 17.5 Å². The van der Waals surface area contributed by atoms with E-state index in [9.17, 15) is 13.0 Å². The quantitative estimate of drug-likeness (QED) is 0.539. The van der Waals surface area contributed by atoms with Gasteiger partial charge in [0.2, 0.25) is 0 Å². The third kappa shape index (κ3) is 1.64. The van der Waals surface area contributed by atoms with Gasteiger partial charge < -0.3 is 0 Å². The van der Waals surface area contributed by atoms with Crippen molar-refractivity contribution in [2.75, 3.05) is 0 Å². The highest BCUT2D eigenvalue weighted by Gasteiger charge is 2.16. The van der Waals surface area contributed by atoms with Gasteiger partial charge in [0.25, 0.3) is 10.1 Å². The molecule has 0 radical (unpaired) electrons. The number of pyridine rings is 1. The molecule has 0 saturated heterocycles.